The van der Waals surface area contributed by atoms with Gasteiger partial charge in [0.25, 0.3) is 0 Å². The highest BCUT2D eigenvalue weighted by molar-refractivity contribution is 5.77. The van der Waals surface area contributed by atoms with Crippen LogP contribution in [-0.2, 0) is 11.3 Å². The van der Waals surface area contributed by atoms with Crippen molar-refractivity contribution in [3.63, 3.8) is 0 Å². The van der Waals surface area contributed by atoms with E-state index in [1.165, 1.54) is 0 Å². The smallest absolute Gasteiger partial charge is 0.234 e. The van der Waals surface area contributed by atoms with E-state index in [9.17, 15) is 9.90 Å². The maximum atomic E-state index is 11.7. The van der Waals surface area contributed by atoms with E-state index in [1.54, 1.807) is 18.7 Å². The average molecular weight is 250 g/mol. The predicted octanol–water partition coefficient (Wildman–Crippen LogP) is 1.01. The molecule has 1 rings (SSSR count). The number of carbonyl (C=O) groups excluding carboxylic acids is 1. The monoisotopic (exact) mass is 250 g/mol. The Morgan fingerprint density at radius 1 is 1.33 bits per heavy atom. The molecule has 0 unspecified atom stereocenters. The second-order valence-corrected chi connectivity index (χ2v) is 5.25. The Kier molecular flexibility index (Phi) is 5.31. The Morgan fingerprint density at radius 3 is 2.50 bits per heavy atom. The number of nitrogens with zero attached hydrogens (tertiary/aromatic N) is 1. The molecule has 100 valence electrons. The summed E-state index contributed by atoms with van der Waals surface area (Å²) < 4.78 is 0. The van der Waals surface area contributed by atoms with Crippen LogP contribution in [0.3, 0.4) is 0 Å². The normalized spacial score (nSPS) is 11.6. The van der Waals surface area contributed by atoms with Crippen molar-refractivity contribution in [1.82, 2.24) is 10.2 Å². The van der Waals surface area contributed by atoms with E-state index < -0.39 is 5.60 Å². The van der Waals surface area contributed by atoms with Crippen LogP contribution < -0.4 is 5.32 Å². The molecule has 0 saturated heterocycles. The van der Waals surface area contributed by atoms with Crippen molar-refractivity contribution in [1.29, 1.82) is 0 Å². The molecule has 4 heteroatoms. The fraction of sp³-hybridized carbons (Fsp3) is 0.500. The fourth-order valence-electron chi connectivity index (χ4n) is 1.81. The van der Waals surface area contributed by atoms with Crippen molar-refractivity contribution < 1.29 is 9.90 Å². The number of hydrogen-bond acceptors (Lipinski definition) is 3. The number of carbonyl (C=O) groups is 1. The minimum Gasteiger partial charge on any atom is -0.389 e. The molecule has 0 bridgehead atoms. The van der Waals surface area contributed by atoms with Gasteiger partial charge >= 0.3 is 0 Å². The summed E-state index contributed by atoms with van der Waals surface area (Å²) in [6.07, 6.45) is 0. The van der Waals surface area contributed by atoms with Crippen LogP contribution in [-0.4, -0.2) is 41.7 Å². The Bertz CT molecular complexity index is 371. The van der Waals surface area contributed by atoms with Crippen molar-refractivity contribution in [2.45, 2.75) is 26.0 Å². The van der Waals surface area contributed by atoms with Gasteiger partial charge in [0.15, 0.2) is 0 Å². The van der Waals surface area contributed by atoms with Crippen molar-refractivity contribution in [3.8, 4) is 0 Å². The van der Waals surface area contributed by atoms with Crippen LogP contribution in [0.5, 0.6) is 0 Å². The van der Waals surface area contributed by atoms with Crippen LogP contribution in [0.4, 0.5) is 0 Å². The maximum Gasteiger partial charge on any atom is 0.234 e. The molecule has 0 spiro atoms. The van der Waals surface area contributed by atoms with E-state index in [2.05, 4.69) is 5.32 Å². The molecule has 0 saturated carbocycles. The van der Waals surface area contributed by atoms with E-state index in [-0.39, 0.29) is 12.5 Å². The van der Waals surface area contributed by atoms with E-state index in [0.717, 1.165) is 5.56 Å². The molecule has 0 aliphatic heterocycles. The zero-order chi connectivity index (χ0) is 13.6. The summed E-state index contributed by atoms with van der Waals surface area (Å²) in [5, 5.41) is 12.5. The Balaban J connectivity index is 2.30. The van der Waals surface area contributed by atoms with Crippen molar-refractivity contribution >= 4 is 5.91 Å². The van der Waals surface area contributed by atoms with Crippen LogP contribution >= 0.6 is 0 Å². The molecule has 0 heterocycles. The third-order valence-corrected chi connectivity index (χ3v) is 2.40. The molecule has 1 aromatic rings. The Hall–Kier alpha value is -1.39. The number of benzene rings is 1. The summed E-state index contributed by atoms with van der Waals surface area (Å²) >= 11 is 0. The van der Waals surface area contributed by atoms with E-state index in [0.29, 0.717) is 13.1 Å². The van der Waals surface area contributed by atoms with Crippen molar-refractivity contribution in [2.24, 2.45) is 0 Å². The van der Waals surface area contributed by atoms with E-state index in [1.807, 2.05) is 37.4 Å². The predicted molar refractivity (Wildman–Crippen MR) is 72.1 cm³/mol. The first-order chi connectivity index (χ1) is 8.37. The molecule has 0 aromatic heterocycles. The lowest BCUT2D eigenvalue weighted by Crippen LogP contribution is -2.41. The molecule has 0 atom stereocenters. The number of hydrogen-bond donors (Lipinski definition) is 2. The van der Waals surface area contributed by atoms with Crippen LogP contribution in [0.1, 0.15) is 19.4 Å². The lowest BCUT2D eigenvalue weighted by molar-refractivity contribution is -0.122. The third-order valence-electron chi connectivity index (χ3n) is 2.40. The van der Waals surface area contributed by atoms with Gasteiger partial charge in [-0.1, -0.05) is 30.3 Å². The summed E-state index contributed by atoms with van der Waals surface area (Å²) in [4.78, 5) is 13.5. The molecule has 0 aliphatic carbocycles. The molecular weight excluding hydrogens is 228 g/mol. The molecule has 4 nitrogen and oxygen atoms in total. The highest BCUT2D eigenvalue weighted by atomic mass is 16.3. The van der Waals surface area contributed by atoms with Crippen molar-refractivity contribution in [2.75, 3.05) is 20.1 Å². The minimum atomic E-state index is -0.783. The Morgan fingerprint density at radius 2 is 1.94 bits per heavy atom. The van der Waals surface area contributed by atoms with Gasteiger partial charge in [0.2, 0.25) is 5.91 Å². The molecular formula is C14H22N2O2. The molecule has 2 N–H and O–H groups in total. The van der Waals surface area contributed by atoms with Gasteiger partial charge in [-0.05, 0) is 26.5 Å². The van der Waals surface area contributed by atoms with Gasteiger partial charge in [-0.3, -0.25) is 9.69 Å². The standard InChI is InChI=1S/C14H22N2O2/c1-14(2,18)11-16(3)10-13(17)15-9-12-7-5-4-6-8-12/h4-8,18H,9-11H2,1-3H3,(H,15,17). The first kappa shape index (κ1) is 14.7. The summed E-state index contributed by atoms with van der Waals surface area (Å²) in [5.74, 6) is -0.0365. The van der Waals surface area contributed by atoms with E-state index >= 15 is 0 Å². The summed E-state index contributed by atoms with van der Waals surface area (Å²) in [7, 11) is 1.82. The number of likely N-dealkylation sites (N-methyl/N-ethyl adjacent to an activating group) is 1. The van der Waals surface area contributed by atoms with Gasteiger partial charge in [-0.25, -0.2) is 0 Å². The average Bonchev–Trinajstić information content (AvgIpc) is 2.25. The largest absolute Gasteiger partial charge is 0.389 e. The Labute approximate surface area is 109 Å². The molecule has 0 fully saturated rings. The summed E-state index contributed by atoms with van der Waals surface area (Å²) in [5.41, 5.74) is 0.296. The number of aliphatic hydroxyl groups is 1. The topological polar surface area (TPSA) is 52.6 Å². The highest BCUT2D eigenvalue weighted by Crippen LogP contribution is 2.02. The zero-order valence-electron chi connectivity index (χ0n) is 11.3. The van der Waals surface area contributed by atoms with Gasteiger partial charge in [0.1, 0.15) is 0 Å². The third kappa shape index (κ3) is 6.37. The molecule has 0 radical (unpaired) electrons. The van der Waals surface area contributed by atoms with Crippen LogP contribution in [0.25, 0.3) is 0 Å². The lowest BCUT2D eigenvalue weighted by Gasteiger charge is -2.24. The van der Waals surface area contributed by atoms with Crippen molar-refractivity contribution in [3.05, 3.63) is 35.9 Å². The second-order valence-electron chi connectivity index (χ2n) is 5.25. The molecule has 18 heavy (non-hydrogen) atoms. The molecule has 1 aromatic carbocycles. The van der Waals surface area contributed by atoms with Gasteiger partial charge in [0.05, 0.1) is 12.1 Å². The first-order valence-electron chi connectivity index (χ1n) is 6.08. The molecule has 1 amide bonds. The van der Waals surface area contributed by atoms with Crippen LogP contribution in [0.2, 0.25) is 0 Å². The second kappa shape index (κ2) is 6.52. The highest BCUT2D eigenvalue weighted by Gasteiger charge is 2.17. The quantitative estimate of drug-likeness (QED) is 0.792. The van der Waals surface area contributed by atoms with Crippen LogP contribution in [0, 0.1) is 0 Å². The summed E-state index contributed by atoms with van der Waals surface area (Å²) in [6.45, 7) is 4.75. The van der Waals surface area contributed by atoms with E-state index in [4.69, 9.17) is 0 Å². The van der Waals surface area contributed by atoms with Gasteiger partial charge in [0, 0.05) is 13.1 Å². The lowest BCUT2D eigenvalue weighted by atomic mass is 10.1. The number of nitrogens with one attached hydrogen (secondary N) is 1. The summed E-state index contributed by atoms with van der Waals surface area (Å²) in [6, 6.07) is 9.79. The van der Waals surface area contributed by atoms with Crippen LogP contribution in [0.15, 0.2) is 30.3 Å². The fourth-order valence-corrected chi connectivity index (χ4v) is 1.81. The van der Waals surface area contributed by atoms with Gasteiger partial charge in [-0.15, -0.1) is 0 Å². The van der Waals surface area contributed by atoms with Gasteiger partial charge in [-0.2, -0.15) is 0 Å². The number of rotatable bonds is 6. The molecule has 0 aliphatic rings. The first-order valence-corrected chi connectivity index (χ1v) is 6.08. The maximum absolute atomic E-state index is 11.7. The SMILES string of the molecule is CN(CC(=O)NCc1ccccc1)CC(C)(C)O. The minimum absolute atomic E-state index is 0.0365. The zero-order valence-corrected chi connectivity index (χ0v) is 11.3. The van der Waals surface area contributed by atoms with Gasteiger partial charge < -0.3 is 10.4 Å². The number of amides is 1.